The largest absolute Gasteiger partial charge is 0.462 e. The SMILES string of the molecule is CC/C=C/C=C/C=C/C=C/[C@H](C)[C@@H](O)[C@@H](C)[C@H](C)OC(=O)C[C@H](O)CCCCC. The number of rotatable bonds is 15. The van der Waals surface area contributed by atoms with Gasteiger partial charge in [0.25, 0.3) is 0 Å². The summed E-state index contributed by atoms with van der Waals surface area (Å²) in [5.74, 6) is -0.686. The Labute approximate surface area is 178 Å². The predicted molar refractivity (Wildman–Crippen MR) is 122 cm³/mol. The molecule has 0 aromatic carbocycles. The van der Waals surface area contributed by atoms with Gasteiger partial charge in [0.05, 0.1) is 18.6 Å². The highest BCUT2D eigenvalue weighted by molar-refractivity contribution is 5.70. The van der Waals surface area contributed by atoms with Crippen molar-refractivity contribution in [2.24, 2.45) is 11.8 Å². The van der Waals surface area contributed by atoms with Crippen molar-refractivity contribution in [3.05, 3.63) is 48.6 Å². The predicted octanol–water partition coefficient (Wildman–Crippen LogP) is 5.52. The fraction of sp³-hybridized carbons (Fsp3) is 0.640. The summed E-state index contributed by atoms with van der Waals surface area (Å²) >= 11 is 0. The smallest absolute Gasteiger partial charge is 0.308 e. The van der Waals surface area contributed by atoms with Crippen LogP contribution >= 0.6 is 0 Å². The first kappa shape index (κ1) is 27.4. The van der Waals surface area contributed by atoms with Crippen LogP contribution in [0, 0.1) is 11.8 Å². The van der Waals surface area contributed by atoms with E-state index in [2.05, 4.69) is 19.9 Å². The summed E-state index contributed by atoms with van der Waals surface area (Å²) in [4.78, 5) is 12.0. The molecule has 0 fully saturated rings. The maximum Gasteiger partial charge on any atom is 0.308 e. The van der Waals surface area contributed by atoms with Crippen LogP contribution in [0.5, 0.6) is 0 Å². The summed E-state index contributed by atoms with van der Waals surface area (Å²) in [7, 11) is 0. The molecule has 5 atom stereocenters. The minimum absolute atomic E-state index is 0.0120. The summed E-state index contributed by atoms with van der Waals surface area (Å²) in [6.45, 7) is 9.81. The van der Waals surface area contributed by atoms with E-state index in [0.717, 1.165) is 25.7 Å². The molecule has 0 saturated heterocycles. The lowest BCUT2D eigenvalue weighted by Crippen LogP contribution is -2.35. The molecule has 0 unspecified atom stereocenters. The van der Waals surface area contributed by atoms with Gasteiger partial charge in [-0.15, -0.1) is 0 Å². The number of aliphatic hydroxyl groups is 2. The number of hydrogen-bond acceptors (Lipinski definition) is 4. The zero-order valence-electron chi connectivity index (χ0n) is 19.0. The third kappa shape index (κ3) is 14.0. The molecule has 0 rings (SSSR count). The van der Waals surface area contributed by atoms with E-state index in [-0.39, 0.29) is 18.3 Å². The quantitative estimate of drug-likeness (QED) is 0.213. The number of carbonyl (C=O) groups excluding carboxylic acids is 1. The molecule has 4 heteroatoms. The van der Waals surface area contributed by atoms with Crippen molar-refractivity contribution < 1.29 is 19.7 Å². The summed E-state index contributed by atoms with van der Waals surface area (Å²) in [5, 5.41) is 20.5. The van der Waals surface area contributed by atoms with Crippen LogP contribution in [0.4, 0.5) is 0 Å². The number of unbranched alkanes of at least 4 members (excludes halogenated alkanes) is 2. The van der Waals surface area contributed by atoms with E-state index < -0.39 is 24.3 Å². The molecule has 4 nitrogen and oxygen atoms in total. The van der Waals surface area contributed by atoms with Gasteiger partial charge in [-0.3, -0.25) is 4.79 Å². The lowest BCUT2D eigenvalue weighted by atomic mass is 9.89. The van der Waals surface area contributed by atoms with Gasteiger partial charge in [-0.2, -0.15) is 0 Å². The summed E-state index contributed by atoms with van der Waals surface area (Å²) < 4.78 is 5.44. The molecule has 2 N–H and O–H groups in total. The van der Waals surface area contributed by atoms with Crippen molar-refractivity contribution in [2.75, 3.05) is 0 Å². The van der Waals surface area contributed by atoms with E-state index in [1.54, 1.807) is 6.92 Å². The van der Waals surface area contributed by atoms with Gasteiger partial charge in [0, 0.05) is 11.8 Å². The number of ether oxygens (including phenoxy) is 1. The van der Waals surface area contributed by atoms with Crippen molar-refractivity contribution in [3.8, 4) is 0 Å². The van der Waals surface area contributed by atoms with Crippen LogP contribution < -0.4 is 0 Å². The van der Waals surface area contributed by atoms with Crippen LogP contribution in [0.1, 0.15) is 73.1 Å². The number of hydrogen-bond donors (Lipinski definition) is 2. The zero-order chi connectivity index (χ0) is 22.1. The van der Waals surface area contributed by atoms with E-state index in [0.29, 0.717) is 6.42 Å². The molecule has 166 valence electrons. The van der Waals surface area contributed by atoms with E-state index in [9.17, 15) is 15.0 Å². The molecule has 0 bridgehead atoms. The van der Waals surface area contributed by atoms with Crippen molar-refractivity contribution in [1.29, 1.82) is 0 Å². The second kappa shape index (κ2) is 17.2. The monoisotopic (exact) mass is 406 g/mol. The molecular formula is C25H42O4. The number of esters is 1. The fourth-order valence-corrected chi connectivity index (χ4v) is 2.87. The summed E-state index contributed by atoms with van der Waals surface area (Å²) in [5.41, 5.74) is 0. The fourth-order valence-electron chi connectivity index (χ4n) is 2.87. The highest BCUT2D eigenvalue weighted by Crippen LogP contribution is 2.20. The van der Waals surface area contributed by atoms with Gasteiger partial charge in [-0.25, -0.2) is 0 Å². The number of aliphatic hydroxyl groups excluding tert-OH is 2. The van der Waals surface area contributed by atoms with Gasteiger partial charge < -0.3 is 14.9 Å². The molecule has 0 saturated carbocycles. The van der Waals surface area contributed by atoms with Crippen molar-refractivity contribution >= 4 is 5.97 Å². The molecule has 29 heavy (non-hydrogen) atoms. The van der Waals surface area contributed by atoms with Crippen LogP contribution in [0.3, 0.4) is 0 Å². The third-order valence-corrected chi connectivity index (χ3v) is 5.02. The summed E-state index contributed by atoms with van der Waals surface area (Å²) in [6, 6.07) is 0. The Bertz CT molecular complexity index is 533. The molecule has 0 aliphatic rings. The topological polar surface area (TPSA) is 66.8 Å². The van der Waals surface area contributed by atoms with Gasteiger partial charge >= 0.3 is 5.97 Å². The first-order valence-corrected chi connectivity index (χ1v) is 11.1. The third-order valence-electron chi connectivity index (χ3n) is 5.02. The van der Waals surface area contributed by atoms with Crippen LogP contribution in [-0.4, -0.2) is 34.5 Å². The van der Waals surface area contributed by atoms with Crippen LogP contribution in [0.2, 0.25) is 0 Å². The van der Waals surface area contributed by atoms with E-state index in [1.807, 2.05) is 56.4 Å². The molecule has 0 aromatic rings. The highest BCUT2D eigenvalue weighted by Gasteiger charge is 2.27. The van der Waals surface area contributed by atoms with Crippen molar-refractivity contribution in [2.45, 2.75) is 91.5 Å². The lowest BCUT2D eigenvalue weighted by molar-refractivity contribution is -0.155. The Morgan fingerprint density at radius 2 is 1.55 bits per heavy atom. The first-order valence-electron chi connectivity index (χ1n) is 11.1. The van der Waals surface area contributed by atoms with E-state index in [4.69, 9.17) is 4.74 Å². The average Bonchev–Trinajstić information content (AvgIpc) is 2.68. The second-order valence-corrected chi connectivity index (χ2v) is 7.75. The van der Waals surface area contributed by atoms with Crippen molar-refractivity contribution in [3.63, 3.8) is 0 Å². The molecule has 0 heterocycles. The van der Waals surface area contributed by atoms with Gasteiger partial charge in [-0.05, 0) is 19.8 Å². The molecule has 0 amide bonds. The van der Waals surface area contributed by atoms with Crippen LogP contribution in [0.25, 0.3) is 0 Å². The zero-order valence-corrected chi connectivity index (χ0v) is 19.0. The molecule has 0 radical (unpaired) electrons. The molecule has 0 aliphatic carbocycles. The molecule has 0 spiro atoms. The Hall–Kier alpha value is -1.65. The molecule has 0 aliphatic heterocycles. The normalized spacial score (nSPS) is 17.9. The highest BCUT2D eigenvalue weighted by atomic mass is 16.5. The first-order chi connectivity index (χ1) is 13.8. The van der Waals surface area contributed by atoms with Crippen LogP contribution in [0.15, 0.2) is 48.6 Å². The van der Waals surface area contributed by atoms with Gasteiger partial charge in [-0.1, -0.05) is 95.6 Å². The molecular weight excluding hydrogens is 364 g/mol. The minimum Gasteiger partial charge on any atom is -0.462 e. The van der Waals surface area contributed by atoms with E-state index >= 15 is 0 Å². The Kier molecular flexibility index (Phi) is 16.2. The number of allylic oxidation sites excluding steroid dienone is 7. The maximum absolute atomic E-state index is 12.0. The summed E-state index contributed by atoms with van der Waals surface area (Å²) in [6.07, 6.45) is 18.8. The Balaban J connectivity index is 4.39. The molecule has 0 aromatic heterocycles. The van der Waals surface area contributed by atoms with E-state index in [1.165, 1.54) is 0 Å². The number of carbonyl (C=O) groups is 1. The average molecular weight is 407 g/mol. The van der Waals surface area contributed by atoms with Gasteiger partial charge in [0.15, 0.2) is 0 Å². The maximum atomic E-state index is 12.0. The minimum atomic E-state index is -0.651. The lowest BCUT2D eigenvalue weighted by Gasteiger charge is -2.28. The van der Waals surface area contributed by atoms with Gasteiger partial charge in [0.2, 0.25) is 0 Å². The Morgan fingerprint density at radius 3 is 2.17 bits per heavy atom. The Morgan fingerprint density at radius 1 is 0.931 bits per heavy atom. The second-order valence-electron chi connectivity index (χ2n) is 7.75. The standard InChI is InChI=1S/C25H42O4/c1-6-8-10-11-12-13-14-16-17-20(3)25(28)21(4)22(5)29-24(27)19-23(26)18-15-9-7-2/h8,10-14,16-17,20-23,25-26,28H,6-7,9,15,18-19H2,1-5H3/b10-8+,12-11+,14-13+,17-16+/t20-,21-,22-,23+,25+/m0/s1. The van der Waals surface area contributed by atoms with Crippen LogP contribution in [-0.2, 0) is 9.53 Å². The van der Waals surface area contributed by atoms with Crippen molar-refractivity contribution in [1.82, 2.24) is 0 Å². The van der Waals surface area contributed by atoms with Gasteiger partial charge in [0.1, 0.15) is 6.10 Å².